The number of hydrogen-bond donors (Lipinski definition) is 0. The summed E-state index contributed by atoms with van der Waals surface area (Å²) in [5, 5.41) is 0.430. The monoisotopic (exact) mass is 369 g/mol. The molecule has 0 aliphatic heterocycles. The number of hydrogen-bond acceptors (Lipinski definition) is 3. The smallest absolute Gasteiger partial charge is 0.387 e. The molecule has 0 bridgehead atoms. The quantitative estimate of drug-likeness (QED) is 0.727. The van der Waals surface area contributed by atoms with E-state index < -0.39 is 12.7 Å². The zero-order chi connectivity index (χ0) is 18.4. The first-order valence-corrected chi connectivity index (χ1v) is 7.94. The van der Waals surface area contributed by atoms with Crippen molar-refractivity contribution < 1.29 is 23.0 Å². The Morgan fingerprint density at radius 3 is 2.36 bits per heavy atom. The molecule has 0 saturated heterocycles. The summed E-state index contributed by atoms with van der Waals surface area (Å²) in [5.74, 6) is 0.280. The van der Waals surface area contributed by atoms with E-state index in [4.69, 9.17) is 16.3 Å². The lowest BCUT2D eigenvalue weighted by atomic mass is 10.2. The highest BCUT2D eigenvalue weighted by atomic mass is 35.5. The van der Waals surface area contributed by atoms with Gasteiger partial charge < -0.3 is 14.4 Å². The molecule has 0 fully saturated rings. The molecule has 0 saturated carbocycles. The minimum absolute atomic E-state index is 0.0724. The maximum Gasteiger partial charge on any atom is 0.387 e. The van der Waals surface area contributed by atoms with Gasteiger partial charge in [-0.05, 0) is 36.8 Å². The fourth-order valence-corrected chi connectivity index (χ4v) is 2.40. The van der Waals surface area contributed by atoms with E-state index in [0.29, 0.717) is 17.3 Å². The summed E-state index contributed by atoms with van der Waals surface area (Å²) in [7, 11) is 1.64. The number of amides is 1. The first-order valence-electron chi connectivity index (χ1n) is 7.56. The Kier molecular flexibility index (Phi) is 6.58. The Bertz CT molecular complexity index is 710. The van der Waals surface area contributed by atoms with Crippen LogP contribution in [-0.2, 0) is 11.3 Å². The fourth-order valence-electron chi connectivity index (χ4n) is 2.22. The SMILES string of the molecule is CC(Oc1ccccc1Cl)C(=O)N(C)Cc1ccc(OC(F)F)cc1. The van der Waals surface area contributed by atoms with Crippen LogP contribution in [0, 0.1) is 0 Å². The van der Waals surface area contributed by atoms with Gasteiger partial charge in [-0.15, -0.1) is 0 Å². The molecule has 0 radical (unpaired) electrons. The molecule has 0 aliphatic carbocycles. The molecule has 134 valence electrons. The number of likely N-dealkylation sites (N-methyl/N-ethyl adjacent to an activating group) is 1. The standard InChI is InChI=1S/C18H18ClF2NO3/c1-12(24-16-6-4-3-5-15(16)19)17(23)22(2)11-13-7-9-14(10-8-13)25-18(20)21/h3-10,12,18H,11H2,1-2H3. The van der Waals surface area contributed by atoms with E-state index in [2.05, 4.69) is 4.74 Å². The van der Waals surface area contributed by atoms with Crippen LogP contribution in [0.1, 0.15) is 12.5 Å². The molecule has 2 rings (SSSR count). The lowest BCUT2D eigenvalue weighted by Gasteiger charge is -2.22. The minimum atomic E-state index is -2.86. The Hall–Kier alpha value is -2.34. The molecular weight excluding hydrogens is 352 g/mol. The Balaban J connectivity index is 1.94. The van der Waals surface area contributed by atoms with Gasteiger partial charge in [-0.2, -0.15) is 8.78 Å². The molecule has 0 aromatic heterocycles. The maximum absolute atomic E-state index is 12.4. The molecule has 7 heteroatoms. The molecule has 2 aromatic carbocycles. The van der Waals surface area contributed by atoms with Crippen molar-refractivity contribution in [1.82, 2.24) is 4.90 Å². The number of benzene rings is 2. The van der Waals surface area contributed by atoms with E-state index in [-0.39, 0.29) is 11.7 Å². The molecule has 0 aliphatic rings. The van der Waals surface area contributed by atoms with Crippen LogP contribution >= 0.6 is 11.6 Å². The van der Waals surface area contributed by atoms with Crippen LogP contribution in [0.15, 0.2) is 48.5 Å². The predicted octanol–water partition coefficient (Wildman–Crippen LogP) is 4.37. The third-order valence-corrected chi connectivity index (χ3v) is 3.74. The molecule has 4 nitrogen and oxygen atoms in total. The Labute approximate surface area is 149 Å². The van der Waals surface area contributed by atoms with E-state index in [9.17, 15) is 13.6 Å². The zero-order valence-corrected chi connectivity index (χ0v) is 14.5. The molecule has 0 spiro atoms. The van der Waals surface area contributed by atoms with Crippen molar-refractivity contribution in [2.75, 3.05) is 7.05 Å². The van der Waals surface area contributed by atoms with Crippen LogP contribution < -0.4 is 9.47 Å². The van der Waals surface area contributed by atoms with Gasteiger partial charge in [0.15, 0.2) is 6.10 Å². The fraction of sp³-hybridized carbons (Fsp3) is 0.278. The third kappa shape index (κ3) is 5.60. The number of rotatable bonds is 7. The summed E-state index contributed by atoms with van der Waals surface area (Å²) in [5.41, 5.74) is 0.780. The van der Waals surface area contributed by atoms with Crippen molar-refractivity contribution in [2.24, 2.45) is 0 Å². The highest BCUT2D eigenvalue weighted by molar-refractivity contribution is 6.32. The highest BCUT2D eigenvalue weighted by Crippen LogP contribution is 2.24. The summed E-state index contributed by atoms with van der Waals surface area (Å²) >= 11 is 6.02. The van der Waals surface area contributed by atoms with Crippen LogP contribution in [0.4, 0.5) is 8.78 Å². The van der Waals surface area contributed by atoms with Crippen molar-refractivity contribution in [1.29, 1.82) is 0 Å². The second-order valence-electron chi connectivity index (χ2n) is 5.41. The van der Waals surface area contributed by atoms with Crippen molar-refractivity contribution in [3.8, 4) is 11.5 Å². The molecule has 1 atom stereocenters. The topological polar surface area (TPSA) is 38.8 Å². The van der Waals surface area contributed by atoms with Crippen LogP contribution in [-0.4, -0.2) is 30.6 Å². The first-order chi connectivity index (χ1) is 11.9. The van der Waals surface area contributed by atoms with E-state index in [1.807, 2.05) is 0 Å². The number of halogens is 3. The number of carbonyl (C=O) groups excluding carboxylic acids is 1. The van der Waals surface area contributed by atoms with Gasteiger partial charge in [0.05, 0.1) is 5.02 Å². The molecule has 1 unspecified atom stereocenters. The van der Waals surface area contributed by atoms with E-state index in [0.717, 1.165) is 5.56 Å². The zero-order valence-electron chi connectivity index (χ0n) is 13.8. The minimum Gasteiger partial charge on any atom is -0.479 e. The summed E-state index contributed by atoms with van der Waals surface area (Å²) < 4.78 is 34.2. The van der Waals surface area contributed by atoms with Crippen LogP contribution in [0.2, 0.25) is 5.02 Å². The third-order valence-electron chi connectivity index (χ3n) is 3.43. The van der Waals surface area contributed by atoms with Crippen molar-refractivity contribution in [2.45, 2.75) is 26.2 Å². The summed E-state index contributed by atoms with van der Waals surface area (Å²) in [6.07, 6.45) is -0.716. The van der Waals surface area contributed by atoms with E-state index in [1.165, 1.54) is 17.0 Å². The average Bonchev–Trinajstić information content (AvgIpc) is 2.57. The molecule has 0 heterocycles. The first kappa shape index (κ1) is 19.0. The van der Waals surface area contributed by atoms with Crippen LogP contribution in [0.25, 0.3) is 0 Å². The molecular formula is C18H18ClF2NO3. The number of alkyl halides is 2. The second-order valence-corrected chi connectivity index (χ2v) is 5.81. The number of nitrogens with zero attached hydrogens (tertiary/aromatic N) is 1. The normalized spacial score (nSPS) is 11.9. The van der Waals surface area contributed by atoms with Gasteiger partial charge >= 0.3 is 6.61 Å². The van der Waals surface area contributed by atoms with Crippen molar-refractivity contribution in [3.05, 3.63) is 59.1 Å². The summed E-state index contributed by atoms with van der Waals surface area (Å²) in [6, 6.07) is 13.0. The molecule has 0 N–H and O–H groups in total. The van der Waals surface area contributed by atoms with Gasteiger partial charge in [0.25, 0.3) is 5.91 Å². The van der Waals surface area contributed by atoms with Gasteiger partial charge in [-0.1, -0.05) is 35.9 Å². The number of carbonyl (C=O) groups is 1. The average molecular weight is 370 g/mol. The van der Waals surface area contributed by atoms with E-state index in [1.54, 1.807) is 50.4 Å². The van der Waals surface area contributed by atoms with Gasteiger partial charge in [0.1, 0.15) is 11.5 Å². The molecule has 25 heavy (non-hydrogen) atoms. The van der Waals surface area contributed by atoms with Crippen molar-refractivity contribution >= 4 is 17.5 Å². The Morgan fingerprint density at radius 1 is 1.12 bits per heavy atom. The predicted molar refractivity (Wildman–Crippen MR) is 91.1 cm³/mol. The van der Waals surface area contributed by atoms with Gasteiger partial charge in [-0.3, -0.25) is 4.79 Å². The van der Waals surface area contributed by atoms with Gasteiger partial charge in [0.2, 0.25) is 0 Å². The second kappa shape index (κ2) is 8.67. The largest absolute Gasteiger partial charge is 0.479 e. The maximum atomic E-state index is 12.4. The Morgan fingerprint density at radius 2 is 1.76 bits per heavy atom. The van der Waals surface area contributed by atoms with Crippen LogP contribution in [0.5, 0.6) is 11.5 Å². The number of para-hydroxylation sites is 1. The summed E-state index contributed by atoms with van der Waals surface area (Å²) in [6.45, 7) is -0.913. The lowest BCUT2D eigenvalue weighted by Crippen LogP contribution is -2.37. The van der Waals surface area contributed by atoms with E-state index >= 15 is 0 Å². The molecule has 1 amide bonds. The molecule has 2 aromatic rings. The summed E-state index contributed by atoms with van der Waals surface area (Å²) in [4.78, 5) is 13.9. The van der Waals surface area contributed by atoms with Gasteiger partial charge in [0, 0.05) is 13.6 Å². The van der Waals surface area contributed by atoms with Crippen LogP contribution in [0.3, 0.4) is 0 Å². The lowest BCUT2D eigenvalue weighted by molar-refractivity contribution is -0.137. The van der Waals surface area contributed by atoms with Gasteiger partial charge in [-0.25, -0.2) is 0 Å². The van der Waals surface area contributed by atoms with Crippen molar-refractivity contribution in [3.63, 3.8) is 0 Å². The number of ether oxygens (including phenoxy) is 2. The highest BCUT2D eigenvalue weighted by Gasteiger charge is 2.20.